The minimum absolute atomic E-state index is 0.0569. The maximum atomic E-state index is 15.7. The Morgan fingerprint density at radius 1 is 1.24 bits per heavy atom. The summed E-state index contributed by atoms with van der Waals surface area (Å²) in [5.41, 5.74) is -0.0173. The van der Waals surface area contributed by atoms with Crippen molar-refractivity contribution in [3.8, 4) is 11.4 Å². The summed E-state index contributed by atoms with van der Waals surface area (Å²) in [6.45, 7) is 5.23. The zero-order chi connectivity index (χ0) is 23.9. The van der Waals surface area contributed by atoms with Crippen molar-refractivity contribution >= 4 is 22.5 Å². The largest absolute Gasteiger partial charge is 0.489 e. The van der Waals surface area contributed by atoms with E-state index >= 15 is 4.39 Å². The Hall–Kier alpha value is -3.17. The molecule has 0 aliphatic carbocycles. The van der Waals surface area contributed by atoms with Crippen molar-refractivity contribution in [2.75, 3.05) is 0 Å². The first-order valence-corrected chi connectivity index (χ1v) is 10.8. The minimum atomic E-state index is -0.688. The van der Waals surface area contributed by atoms with Crippen LogP contribution in [0.1, 0.15) is 32.2 Å². The Morgan fingerprint density at radius 3 is 2.61 bits per heavy atom. The van der Waals surface area contributed by atoms with E-state index in [4.69, 9.17) is 16.3 Å². The zero-order valence-electron chi connectivity index (χ0n) is 18.3. The Labute approximate surface area is 193 Å². The van der Waals surface area contributed by atoms with E-state index in [0.717, 1.165) is 4.68 Å². The number of ether oxygens (including phenoxy) is 1. The number of hydrogen-bond donors (Lipinski definition) is 1. The van der Waals surface area contributed by atoms with Crippen LogP contribution < -0.4 is 10.4 Å². The first-order valence-electron chi connectivity index (χ1n) is 10.5. The molecule has 0 fully saturated rings. The molecule has 0 unspecified atom stereocenters. The molecular weight excluding hydrogens is 454 g/mol. The predicted octanol–water partition coefficient (Wildman–Crippen LogP) is 4.27. The van der Waals surface area contributed by atoms with Crippen molar-refractivity contribution in [1.29, 1.82) is 0 Å². The number of benzene rings is 2. The van der Waals surface area contributed by atoms with Gasteiger partial charge in [-0.25, -0.2) is 13.6 Å². The normalized spacial score (nSPS) is 11.6. The van der Waals surface area contributed by atoms with Crippen LogP contribution in [-0.4, -0.2) is 30.1 Å². The monoisotopic (exact) mass is 476 g/mol. The van der Waals surface area contributed by atoms with Gasteiger partial charge >= 0.3 is 5.69 Å². The second-order valence-corrected chi connectivity index (χ2v) is 8.20. The molecule has 0 saturated carbocycles. The van der Waals surface area contributed by atoms with E-state index in [2.05, 4.69) is 5.10 Å². The number of hydrogen-bond acceptors (Lipinski definition) is 4. The number of aliphatic hydroxyl groups is 1. The van der Waals surface area contributed by atoms with Gasteiger partial charge in [0.25, 0.3) is 0 Å². The van der Waals surface area contributed by atoms with Crippen molar-refractivity contribution in [3.05, 3.63) is 75.1 Å². The second kappa shape index (κ2) is 8.99. The summed E-state index contributed by atoms with van der Waals surface area (Å²) in [4.78, 5) is 12.8. The molecule has 0 spiro atoms. The third-order valence-corrected chi connectivity index (χ3v) is 5.66. The van der Waals surface area contributed by atoms with E-state index in [0.29, 0.717) is 11.3 Å². The van der Waals surface area contributed by atoms with E-state index in [-0.39, 0.29) is 46.7 Å². The van der Waals surface area contributed by atoms with E-state index in [9.17, 15) is 14.3 Å². The van der Waals surface area contributed by atoms with Gasteiger partial charge in [-0.15, -0.1) is 5.10 Å². The summed E-state index contributed by atoms with van der Waals surface area (Å²) in [7, 11) is 0. The smallest absolute Gasteiger partial charge is 0.350 e. The molecule has 0 atom stereocenters. The highest BCUT2D eigenvalue weighted by molar-refractivity contribution is 6.31. The van der Waals surface area contributed by atoms with Crippen LogP contribution in [0, 0.1) is 11.6 Å². The SMILES string of the molecule is CCn1c(CO)nn(-c2cc(OC(C)C)c3c(ccn3Cc3c(F)cccc3Cl)c2F)c1=O. The molecule has 1 N–H and O–H groups in total. The number of rotatable bonds is 7. The molecule has 2 heterocycles. The topological polar surface area (TPSA) is 74.2 Å². The molecule has 0 radical (unpaired) electrons. The van der Waals surface area contributed by atoms with E-state index in [1.54, 1.807) is 23.8 Å². The molecule has 7 nitrogen and oxygen atoms in total. The highest BCUT2D eigenvalue weighted by Gasteiger charge is 2.23. The molecule has 2 aromatic heterocycles. The average molecular weight is 477 g/mol. The predicted molar refractivity (Wildman–Crippen MR) is 121 cm³/mol. The molecular formula is C23H23ClF2N4O3. The molecule has 0 aliphatic rings. The van der Waals surface area contributed by atoms with Crippen LogP contribution in [0.4, 0.5) is 8.78 Å². The Bertz CT molecular complexity index is 1370. The van der Waals surface area contributed by atoms with E-state index < -0.39 is 23.9 Å². The van der Waals surface area contributed by atoms with Crippen LogP contribution in [0.2, 0.25) is 5.02 Å². The average Bonchev–Trinajstić information content (AvgIpc) is 3.33. The number of fused-ring (bicyclic) bond motifs is 1. The van der Waals surface area contributed by atoms with Crippen molar-refractivity contribution in [2.45, 2.75) is 46.6 Å². The number of nitrogens with zero attached hydrogens (tertiary/aromatic N) is 4. The number of aromatic nitrogens is 4. The highest BCUT2D eigenvalue weighted by atomic mass is 35.5. The van der Waals surface area contributed by atoms with E-state index in [1.165, 1.54) is 28.8 Å². The van der Waals surface area contributed by atoms with Crippen molar-refractivity contribution < 1.29 is 18.6 Å². The molecule has 33 heavy (non-hydrogen) atoms. The lowest BCUT2D eigenvalue weighted by atomic mass is 10.1. The zero-order valence-corrected chi connectivity index (χ0v) is 19.1. The van der Waals surface area contributed by atoms with Gasteiger partial charge in [0.05, 0.1) is 18.2 Å². The molecule has 2 aromatic carbocycles. The molecule has 0 saturated heterocycles. The Morgan fingerprint density at radius 2 is 2.00 bits per heavy atom. The van der Waals surface area contributed by atoms with Gasteiger partial charge in [0.15, 0.2) is 11.6 Å². The third-order valence-electron chi connectivity index (χ3n) is 5.30. The van der Waals surface area contributed by atoms with Crippen LogP contribution in [0.3, 0.4) is 0 Å². The summed E-state index contributed by atoms with van der Waals surface area (Å²) < 4.78 is 39.9. The van der Waals surface area contributed by atoms with Gasteiger partial charge in [-0.05, 0) is 39.0 Å². The molecule has 0 bridgehead atoms. The van der Waals surface area contributed by atoms with Gasteiger partial charge in [0.2, 0.25) is 0 Å². The fraction of sp³-hybridized carbons (Fsp3) is 0.304. The lowest BCUT2D eigenvalue weighted by Gasteiger charge is -2.16. The van der Waals surface area contributed by atoms with E-state index in [1.807, 2.05) is 13.8 Å². The van der Waals surface area contributed by atoms with Gasteiger partial charge < -0.3 is 14.4 Å². The highest BCUT2D eigenvalue weighted by Crippen LogP contribution is 2.35. The first kappa shape index (κ1) is 23.0. The molecule has 4 aromatic rings. The van der Waals surface area contributed by atoms with Crippen LogP contribution >= 0.6 is 11.6 Å². The minimum Gasteiger partial charge on any atom is -0.489 e. The van der Waals surface area contributed by atoms with Gasteiger partial charge in [0, 0.05) is 34.8 Å². The standard InChI is InChI=1S/C23H23ClF2N4O3/c1-4-29-20(12-31)27-30(23(29)32)18-10-19(33-13(2)3)22-14(21(18)26)8-9-28(22)11-15-16(24)6-5-7-17(15)25/h5-10,13,31H,4,11-12H2,1-3H3. The van der Waals surface area contributed by atoms with Gasteiger partial charge in [-0.3, -0.25) is 4.57 Å². The van der Waals surface area contributed by atoms with Crippen molar-refractivity contribution in [3.63, 3.8) is 0 Å². The van der Waals surface area contributed by atoms with Crippen molar-refractivity contribution in [1.82, 2.24) is 18.9 Å². The summed E-state index contributed by atoms with van der Waals surface area (Å²) in [6, 6.07) is 7.34. The van der Waals surface area contributed by atoms with Crippen LogP contribution in [0.25, 0.3) is 16.6 Å². The molecule has 0 amide bonds. The summed E-state index contributed by atoms with van der Waals surface area (Å²) in [6.07, 6.45) is 1.35. The maximum Gasteiger partial charge on any atom is 0.350 e. The summed E-state index contributed by atoms with van der Waals surface area (Å²) in [5, 5.41) is 14.1. The number of aliphatic hydroxyl groups excluding tert-OH is 1. The lowest BCUT2D eigenvalue weighted by molar-refractivity contribution is 0.244. The summed E-state index contributed by atoms with van der Waals surface area (Å²) >= 11 is 6.19. The molecule has 4 rings (SSSR count). The van der Waals surface area contributed by atoms with Crippen LogP contribution in [-0.2, 0) is 19.7 Å². The van der Waals surface area contributed by atoms with Gasteiger partial charge in [0.1, 0.15) is 23.9 Å². The molecule has 10 heteroatoms. The number of halogens is 3. The maximum absolute atomic E-state index is 15.7. The summed E-state index contributed by atoms with van der Waals surface area (Å²) in [5.74, 6) is -0.731. The van der Waals surface area contributed by atoms with Gasteiger partial charge in [-0.2, -0.15) is 4.68 Å². The first-order chi connectivity index (χ1) is 15.8. The quantitative estimate of drug-likeness (QED) is 0.432. The molecule has 174 valence electrons. The fourth-order valence-corrected chi connectivity index (χ4v) is 4.05. The van der Waals surface area contributed by atoms with Gasteiger partial charge in [-0.1, -0.05) is 17.7 Å². The Balaban J connectivity index is 1.94. The van der Waals surface area contributed by atoms with Crippen molar-refractivity contribution in [2.24, 2.45) is 0 Å². The van der Waals surface area contributed by atoms with Crippen LogP contribution in [0.15, 0.2) is 41.3 Å². The second-order valence-electron chi connectivity index (χ2n) is 7.79. The fourth-order valence-electron chi connectivity index (χ4n) is 3.83. The van der Waals surface area contributed by atoms with Crippen LogP contribution in [0.5, 0.6) is 5.75 Å². The molecule has 0 aliphatic heterocycles. The third kappa shape index (κ3) is 4.02. The Kier molecular flexibility index (Phi) is 6.27. The lowest BCUT2D eigenvalue weighted by Crippen LogP contribution is -2.24.